The van der Waals surface area contributed by atoms with Crippen molar-refractivity contribution < 1.29 is 28.9 Å². The van der Waals surface area contributed by atoms with Gasteiger partial charge in [-0.05, 0) is 19.1 Å². The molecule has 1 unspecified atom stereocenters. The topological polar surface area (TPSA) is 169 Å². The zero-order valence-electron chi connectivity index (χ0n) is 18.5. The molecule has 0 bridgehead atoms. The molecule has 34 heavy (non-hydrogen) atoms. The molecule has 6 N–H and O–H groups in total. The molecule has 12 heteroatoms. The number of benzene rings is 1. The van der Waals surface area contributed by atoms with Gasteiger partial charge in [-0.1, -0.05) is 6.07 Å². The average molecular weight is 473 g/mol. The monoisotopic (exact) mass is 473 g/mol. The minimum Gasteiger partial charge on any atom is -0.487 e. The van der Waals surface area contributed by atoms with Crippen LogP contribution in [0, 0.1) is 5.82 Å². The Morgan fingerprint density at radius 3 is 2.59 bits per heavy atom. The third-order valence-corrected chi connectivity index (χ3v) is 4.97. The predicted octanol–water partition coefficient (Wildman–Crippen LogP) is 2.38. The molecule has 4 rings (SSSR count). The van der Waals surface area contributed by atoms with Gasteiger partial charge in [0.2, 0.25) is 5.43 Å². The number of nitrogen functional groups attached to an aromatic ring is 1. The van der Waals surface area contributed by atoms with Gasteiger partial charge < -0.3 is 35.9 Å². The maximum absolute atomic E-state index is 15.1. The van der Waals surface area contributed by atoms with E-state index in [1.54, 1.807) is 16.8 Å². The lowest BCUT2D eigenvalue weighted by atomic mass is 10.0. The number of aromatic carboxylic acids is 1. The van der Waals surface area contributed by atoms with Crippen LogP contribution in [0.1, 0.15) is 30.2 Å². The van der Waals surface area contributed by atoms with Crippen molar-refractivity contribution in [2.24, 2.45) is 0 Å². The number of hydrogen-bond donors (Lipinski definition) is 5. The van der Waals surface area contributed by atoms with Gasteiger partial charge in [0, 0.05) is 32.4 Å². The predicted molar refractivity (Wildman–Crippen MR) is 124 cm³/mol. The Morgan fingerprint density at radius 2 is 1.97 bits per heavy atom. The fraction of sp³-hybridized carbons (Fsp3) is 0.273. The zero-order valence-corrected chi connectivity index (χ0v) is 18.5. The van der Waals surface area contributed by atoms with E-state index in [1.807, 2.05) is 19.1 Å². The van der Waals surface area contributed by atoms with Gasteiger partial charge in [-0.3, -0.25) is 9.59 Å². The SMILES string of the molecule is CC(=O)O.CC1COc2c(NCCNc3ccccn3)c(F)c(N)c3c(=O)c(C(=O)O)cn1c23. The van der Waals surface area contributed by atoms with Crippen molar-refractivity contribution in [3.05, 3.63) is 52.2 Å². The number of ether oxygens (including phenoxy) is 1. The molecule has 0 aliphatic carbocycles. The van der Waals surface area contributed by atoms with E-state index in [1.165, 1.54) is 6.20 Å². The Balaban J connectivity index is 0.000000751. The van der Waals surface area contributed by atoms with Crippen molar-refractivity contribution in [2.45, 2.75) is 19.9 Å². The number of aliphatic carboxylic acids is 1. The lowest BCUT2D eigenvalue weighted by Gasteiger charge is -2.29. The van der Waals surface area contributed by atoms with Gasteiger partial charge in [-0.25, -0.2) is 14.2 Å². The Kier molecular flexibility index (Phi) is 7.19. The molecule has 2 aromatic heterocycles. The van der Waals surface area contributed by atoms with Crippen molar-refractivity contribution >= 4 is 40.0 Å². The summed E-state index contributed by atoms with van der Waals surface area (Å²) in [5.74, 6) is -2.26. The van der Waals surface area contributed by atoms with Gasteiger partial charge in [-0.2, -0.15) is 0 Å². The van der Waals surface area contributed by atoms with Crippen LogP contribution in [0.25, 0.3) is 10.9 Å². The maximum Gasteiger partial charge on any atom is 0.341 e. The number of anilines is 3. The first kappa shape index (κ1) is 24.3. The van der Waals surface area contributed by atoms with E-state index in [2.05, 4.69) is 15.6 Å². The van der Waals surface area contributed by atoms with Crippen LogP contribution in [0.3, 0.4) is 0 Å². The van der Waals surface area contributed by atoms with Gasteiger partial charge >= 0.3 is 5.97 Å². The molecule has 180 valence electrons. The highest BCUT2D eigenvalue weighted by Gasteiger charge is 2.30. The number of carboxylic acids is 2. The zero-order chi connectivity index (χ0) is 25.0. The highest BCUT2D eigenvalue weighted by molar-refractivity contribution is 6.03. The van der Waals surface area contributed by atoms with Gasteiger partial charge in [0.25, 0.3) is 5.97 Å². The van der Waals surface area contributed by atoms with Gasteiger partial charge in [-0.15, -0.1) is 0 Å². The lowest BCUT2D eigenvalue weighted by molar-refractivity contribution is -0.134. The Morgan fingerprint density at radius 1 is 1.29 bits per heavy atom. The number of carbonyl (C=O) groups is 2. The largest absolute Gasteiger partial charge is 0.487 e. The van der Waals surface area contributed by atoms with Crippen LogP contribution in [0.4, 0.5) is 21.6 Å². The number of hydrogen-bond acceptors (Lipinski definition) is 8. The summed E-state index contributed by atoms with van der Waals surface area (Å²) in [6.45, 7) is 3.84. The quantitative estimate of drug-likeness (QED) is 0.265. The molecule has 1 aliphatic rings. The van der Waals surface area contributed by atoms with E-state index in [0.29, 0.717) is 18.9 Å². The molecule has 1 aliphatic heterocycles. The van der Waals surface area contributed by atoms with Crippen LogP contribution < -0.4 is 26.5 Å². The molecule has 0 saturated carbocycles. The van der Waals surface area contributed by atoms with E-state index >= 15 is 4.39 Å². The molecule has 0 fully saturated rings. The molecule has 0 amide bonds. The fourth-order valence-corrected chi connectivity index (χ4v) is 3.50. The van der Waals surface area contributed by atoms with Crippen LogP contribution in [0.5, 0.6) is 5.75 Å². The van der Waals surface area contributed by atoms with Crippen LogP contribution in [0.15, 0.2) is 35.4 Å². The molecule has 0 spiro atoms. The molecule has 3 aromatic rings. The van der Waals surface area contributed by atoms with Crippen molar-refractivity contribution in [1.82, 2.24) is 9.55 Å². The lowest BCUT2D eigenvalue weighted by Crippen LogP contribution is -2.28. The standard InChI is InChI=1S/C20H20FN5O4.C2H4O2/c1-10-9-30-19-16(25-7-6-24-12-4-2-3-5-23-12)14(21)15(22)13-17(19)26(10)8-11(18(13)27)20(28)29;1-2(3)4/h2-5,8,10,25H,6-7,9,22H2,1H3,(H,23,24)(H,28,29);1H3,(H,3,4). The first-order chi connectivity index (χ1) is 16.1. The van der Waals surface area contributed by atoms with E-state index in [4.69, 9.17) is 20.4 Å². The van der Waals surface area contributed by atoms with Crippen LogP contribution in [-0.2, 0) is 4.79 Å². The normalized spacial score (nSPS) is 13.9. The van der Waals surface area contributed by atoms with Crippen LogP contribution in [-0.4, -0.2) is 51.4 Å². The minimum absolute atomic E-state index is 0.0333. The molecule has 11 nitrogen and oxygen atoms in total. The van der Waals surface area contributed by atoms with Gasteiger partial charge in [0.1, 0.15) is 23.7 Å². The van der Waals surface area contributed by atoms with Crippen molar-refractivity contribution in [1.29, 1.82) is 0 Å². The Labute approximate surface area is 193 Å². The number of halogens is 1. The third-order valence-electron chi connectivity index (χ3n) is 4.97. The maximum atomic E-state index is 15.1. The molecular formula is C22H24FN5O6. The van der Waals surface area contributed by atoms with Gasteiger partial charge in [0.05, 0.1) is 22.6 Å². The summed E-state index contributed by atoms with van der Waals surface area (Å²) in [6, 6.07) is 5.19. The third kappa shape index (κ3) is 4.85. The number of nitrogens with two attached hydrogens (primary N) is 1. The van der Waals surface area contributed by atoms with E-state index < -0.39 is 34.4 Å². The highest BCUT2D eigenvalue weighted by Crippen LogP contribution is 2.43. The first-order valence-electron chi connectivity index (χ1n) is 10.3. The van der Waals surface area contributed by atoms with Crippen LogP contribution in [0.2, 0.25) is 0 Å². The molecule has 1 atom stereocenters. The number of nitrogens with zero attached hydrogens (tertiary/aromatic N) is 2. The molecular weight excluding hydrogens is 449 g/mol. The van der Waals surface area contributed by atoms with Crippen molar-refractivity contribution in [3.8, 4) is 5.75 Å². The van der Waals surface area contributed by atoms with E-state index in [0.717, 1.165) is 6.92 Å². The number of rotatable bonds is 6. The number of aromatic nitrogens is 2. The summed E-state index contributed by atoms with van der Waals surface area (Å²) in [6.07, 6.45) is 2.91. The minimum atomic E-state index is -1.39. The van der Waals surface area contributed by atoms with E-state index in [9.17, 15) is 14.7 Å². The summed E-state index contributed by atoms with van der Waals surface area (Å²) in [7, 11) is 0. The molecule has 3 heterocycles. The second-order valence-electron chi connectivity index (χ2n) is 7.49. The van der Waals surface area contributed by atoms with Crippen molar-refractivity contribution in [3.63, 3.8) is 0 Å². The average Bonchev–Trinajstić information content (AvgIpc) is 2.78. The Hall–Kier alpha value is -4.35. The summed E-state index contributed by atoms with van der Waals surface area (Å²) in [5, 5.41) is 22.7. The molecule has 0 saturated heterocycles. The number of pyridine rings is 2. The smallest absolute Gasteiger partial charge is 0.341 e. The first-order valence-corrected chi connectivity index (χ1v) is 10.3. The van der Waals surface area contributed by atoms with Gasteiger partial charge in [0.15, 0.2) is 11.6 Å². The van der Waals surface area contributed by atoms with E-state index in [-0.39, 0.29) is 35.0 Å². The summed E-state index contributed by atoms with van der Waals surface area (Å²) in [5.41, 5.74) is 4.54. The Bertz CT molecular complexity index is 1290. The summed E-state index contributed by atoms with van der Waals surface area (Å²) < 4.78 is 22.5. The summed E-state index contributed by atoms with van der Waals surface area (Å²) in [4.78, 5) is 37.3. The second kappa shape index (κ2) is 10.1. The highest BCUT2D eigenvalue weighted by atomic mass is 19.1. The molecule has 0 radical (unpaired) electrons. The number of carboxylic acid groups (broad SMARTS) is 2. The molecule has 1 aromatic carbocycles. The second-order valence-corrected chi connectivity index (χ2v) is 7.49. The number of nitrogens with one attached hydrogen (secondary N) is 2. The van der Waals surface area contributed by atoms with Crippen molar-refractivity contribution in [2.75, 3.05) is 36.1 Å². The fourth-order valence-electron chi connectivity index (χ4n) is 3.50. The van der Waals surface area contributed by atoms with Crippen LogP contribution >= 0.6 is 0 Å². The summed E-state index contributed by atoms with van der Waals surface area (Å²) >= 11 is 0.